The van der Waals surface area contributed by atoms with Crippen LogP contribution in [0.1, 0.15) is 41.8 Å². The molecule has 0 saturated carbocycles. The Balaban J connectivity index is 2.07. The summed E-state index contributed by atoms with van der Waals surface area (Å²) in [4.78, 5) is 26.6. The van der Waals surface area contributed by atoms with Gasteiger partial charge in [0.2, 0.25) is 5.91 Å². The second-order valence-electron chi connectivity index (χ2n) is 6.97. The fourth-order valence-corrected chi connectivity index (χ4v) is 2.81. The van der Waals surface area contributed by atoms with Gasteiger partial charge in [-0.15, -0.1) is 0 Å². The summed E-state index contributed by atoms with van der Waals surface area (Å²) < 4.78 is 11.3. The number of benzene rings is 2. The van der Waals surface area contributed by atoms with Crippen molar-refractivity contribution in [1.82, 2.24) is 4.90 Å². The van der Waals surface area contributed by atoms with E-state index < -0.39 is 0 Å². The Bertz CT molecular complexity index is 864. The van der Waals surface area contributed by atoms with Crippen LogP contribution in [0, 0.1) is 13.8 Å². The Morgan fingerprint density at radius 1 is 1.00 bits per heavy atom. The quantitative estimate of drug-likeness (QED) is 0.687. The van der Waals surface area contributed by atoms with Gasteiger partial charge in [0.1, 0.15) is 0 Å². The van der Waals surface area contributed by atoms with Gasteiger partial charge in [-0.05, 0) is 62.6 Å². The zero-order chi connectivity index (χ0) is 21.4. The molecule has 0 radical (unpaired) electrons. The van der Waals surface area contributed by atoms with Crippen LogP contribution in [0.4, 0.5) is 5.69 Å². The van der Waals surface area contributed by atoms with E-state index in [-0.39, 0.29) is 18.4 Å². The number of amides is 2. The molecule has 0 unspecified atom stereocenters. The minimum absolute atomic E-state index is 0.0513. The van der Waals surface area contributed by atoms with Crippen LogP contribution in [0.15, 0.2) is 36.4 Å². The fraction of sp³-hybridized carbons (Fsp3) is 0.391. The SMILES string of the molecule is CCCOc1ccc(C(=O)N(C)CC(=O)Nc2cc(C)ccc2C)cc1OCC. The van der Waals surface area contributed by atoms with Gasteiger partial charge in [0, 0.05) is 18.3 Å². The number of aryl methyl sites for hydroxylation is 2. The average molecular weight is 399 g/mol. The van der Waals surface area contributed by atoms with Gasteiger partial charge < -0.3 is 19.7 Å². The highest BCUT2D eigenvalue weighted by molar-refractivity contribution is 5.99. The van der Waals surface area contributed by atoms with Crippen LogP contribution < -0.4 is 14.8 Å². The summed E-state index contributed by atoms with van der Waals surface area (Å²) in [5, 5.41) is 2.87. The van der Waals surface area contributed by atoms with Crippen molar-refractivity contribution in [2.45, 2.75) is 34.1 Å². The lowest BCUT2D eigenvalue weighted by atomic mass is 10.1. The number of carbonyl (C=O) groups is 2. The van der Waals surface area contributed by atoms with E-state index in [1.807, 2.05) is 45.9 Å². The molecular formula is C23H30N2O4. The first-order valence-electron chi connectivity index (χ1n) is 9.87. The molecule has 0 atom stereocenters. The van der Waals surface area contributed by atoms with Crippen molar-refractivity contribution in [2.24, 2.45) is 0 Å². The summed E-state index contributed by atoms with van der Waals surface area (Å²) in [6.45, 7) is 8.79. The zero-order valence-electron chi connectivity index (χ0n) is 17.9. The molecular weight excluding hydrogens is 368 g/mol. The molecule has 0 saturated heterocycles. The van der Waals surface area contributed by atoms with Gasteiger partial charge in [0.15, 0.2) is 11.5 Å². The smallest absolute Gasteiger partial charge is 0.254 e. The normalized spacial score (nSPS) is 10.4. The van der Waals surface area contributed by atoms with Crippen LogP contribution in [0.25, 0.3) is 0 Å². The number of carbonyl (C=O) groups excluding carboxylic acids is 2. The van der Waals surface area contributed by atoms with Gasteiger partial charge in [0.25, 0.3) is 5.91 Å². The molecule has 0 heterocycles. The molecule has 0 aromatic heterocycles. The predicted octanol–water partition coefficient (Wildman–Crippen LogP) is 4.20. The van der Waals surface area contributed by atoms with Gasteiger partial charge in [-0.3, -0.25) is 9.59 Å². The second-order valence-corrected chi connectivity index (χ2v) is 6.97. The molecule has 6 nitrogen and oxygen atoms in total. The van der Waals surface area contributed by atoms with E-state index in [2.05, 4.69) is 5.32 Å². The van der Waals surface area contributed by atoms with Crippen LogP contribution in [0.5, 0.6) is 11.5 Å². The Labute approximate surface area is 172 Å². The van der Waals surface area contributed by atoms with Gasteiger partial charge in [-0.1, -0.05) is 19.1 Å². The number of hydrogen-bond acceptors (Lipinski definition) is 4. The second kappa shape index (κ2) is 10.5. The van der Waals surface area contributed by atoms with E-state index in [1.54, 1.807) is 25.2 Å². The number of anilines is 1. The number of ether oxygens (including phenoxy) is 2. The molecule has 2 aromatic rings. The zero-order valence-corrected chi connectivity index (χ0v) is 17.9. The minimum Gasteiger partial charge on any atom is -0.490 e. The molecule has 2 rings (SSSR count). The van der Waals surface area contributed by atoms with Gasteiger partial charge >= 0.3 is 0 Å². The van der Waals surface area contributed by atoms with Crippen molar-refractivity contribution >= 4 is 17.5 Å². The van der Waals surface area contributed by atoms with Gasteiger partial charge in [-0.2, -0.15) is 0 Å². The summed E-state index contributed by atoms with van der Waals surface area (Å²) >= 11 is 0. The number of nitrogens with zero attached hydrogens (tertiary/aromatic N) is 1. The average Bonchev–Trinajstić information content (AvgIpc) is 2.69. The molecule has 1 N–H and O–H groups in total. The summed E-state index contributed by atoms with van der Waals surface area (Å²) in [6, 6.07) is 10.9. The summed E-state index contributed by atoms with van der Waals surface area (Å²) in [6.07, 6.45) is 0.879. The molecule has 0 aliphatic rings. The molecule has 0 aliphatic carbocycles. The van der Waals surface area contributed by atoms with Crippen molar-refractivity contribution in [3.8, 4) is 11.5 Å². The number of hydrogen-bond donors (Lipinski definition) is 1. The molecule has 0 fully saturated rings. The van der Waals surface area contributed by atoms with Crippen LogP contribution in [0.3, 0.4) is 0 Å². The molecule has 0 spiro atoms. The monoisotopic (exact) mass is 398 g/mol. The van der Waals surface area contributed by atoms with E-state index in [1.165, 1.54) is 4.90 Å². The van der Waals surface area contributed by atoms with E-state index in [0.29, 0.717) is 30.3 Å². The highest BCUT2D eigenvalue weighted by atomic mass is 16.5. The molecule has 6 heteroatoms. The summed E-state index contributed by atoms with van der Waals surface area (Å²) in [7, 11) is 1.60. The fourth-order valence-electron chi connectivity index (χ4n) is 2.81. The van der Waals surface area contributed by atoms with Crippen LogP contribution in [-0.2, 0) is 4.79 Å². The molecule has 29 heavy (non-hydrogen) atoms. The van der Waals surface area contributed by atoms with Crippen molar-refractivity contribution in [3.63, 3.8) is 0 Å². The minimum atomic E-state index is -0.260. The van der Waals surface area contributed by atoms with Crippen molar-refractivity contribution in [1.29, 1.82) is 0 Å². The Morgan fingerprint density at radius 3 is 2.45 bits per heavy atom. The van der Waals surface area contributed by atoms with Crippen molar-refractivity contribution in [2.75, 3.05) is 32.1 Å². The summed E-state index contributed by atoms with van der Waals surface area (Å²) in [5.41, 5.74) is 3.23. The first-order valence-corrected chi connectivity index (χ1v) is 9.87. The molecule has 156 valence electrons. The van der Waals surface area contributed by atoms with E-state index >= 15 is 0 Å². The standard InChI is InChI=1S/C23H30N2O4/c1-6-12-29-20-11-10-18(14-21(20)28-7-2)23(27)25(5)15-22(26)24-19-13-16(3)8-9-17(19)4/h8-11,13-14H,6-7,12,15H2,1-5H3,(H,24,26). The van der Waals surface area contributed by atoms with Crippen LogP contribution >= 0.6 is 0 Å². The van der Waals surface area contributed by atoms with Gasteiger partial charge in [0.05, 0.1) is 19.8 Å². The molecule has 2 aromatic carbocycles. The Hall–Kier alpha value is -3.02. The maximum Gasteiger partial charge on any atom is 0.254 e. The predicted molar refractivity (Wildman–Crippen MR) is 115 cm³/mol. The van der Waals surface area contributed by atoms with E-state index in [4.69, 9.17) is 9.47 Å². The molecule has 0 bridgehead atoms. The van der Waals surface area contributed by atoms with Crippen LogP contribution in [-0.4, -0.2) is 43.5 Å². The third-order valence-corrected chi connectivity index (χ3v) is 4.35. The molecule has 0 aliphatic heterocycles. The van der Waals surface area contributed by atoms with E-state index in [0.717, 1.165) is 23.2 Å². The summed E-state index contributed by atoms with van der Waals surface area (Å²) in [5.74, 6) is 0.632. The maximum absolute atomic E-state index is 12.8. The highest BCUT2D eigenvalue weighted by Crippen LogP contribution is 2.29. The number of rotatable bonds is 9. The first-order chi connectivity index (χ1) is 13.8. The third-order valence-electron chi connectivity index (χ3n) is 4.35. The Morgan fingerprint density at radius 2 is 1.76 bits per heavy atom. The van der Waals surface area contributed by atoms with Crippen molar-refractivity contribution < 1.29 is 19.1 Å². The Kier molecular flexibility index (Phi) is 8.07. The first kappa shape index (κ1) is 22.3. The largest absolute Gasteiger partial charge is 0.490 e. The lowest BCUT2D eigenvalue weighted by Crippen LogP contribution is -2.35. The van der Waals surface area contributed by atoms with Gasteiger partial charge in [-0.25, -0.2) is 0 Å². The number of nitrogens with one attached hydrogen (secondary N) is 1. The maximum atomic E-state index is 12.8. The lowest BCUT2D eigenvalue weighted by Gasteiger charge is -2.19. The number of likely N-dealkylation sites (N-methyl/N-ethyl adjacent to an activating group) is 1. The lowest BCUT2D eigenvalue weighted by molar-refractivity contribution is -0.116. The van der Waals surface area contributed by atoms with Crippen LogP contribution in [0.2, 0.25) is 0 Å². The highest BCUT2D eigenvalue weighted by Gasteiger charge is 2.18. The third kappa shape index (κ3) is 6.24. The van der Waals surface area contributed by atoms with Crippen molar-refractivity contribution in [3.05, 3.63) is 53.1 Å². The topological polar surface area (TPSA) is 67.9 Å². The molecule has 2 amide bonds. The van der Waals surface area contributed by atoms with E-state index in [9.17, 15) is 9.59 Å².